The molecule has 17 heavy (non-hydrogen) atoms. The van der Waals surface area contributed by atoms with Crippen molar-refractivity contribution >= 4 is 43.2 Å². The van der Waals surface area contributed by atoms with Gasteiger partial charge in [-0.2, -0.15) is 0 Å². The Balaban J connectivity index is 2.46. The smallest absolute Gasteiger partial charge is 0.0682 e. The summed E-state index contributed by atoms with van der Waals surface area (Å²) in [6.07, 6.45) is 0. The van der Waals surface area contributed by atoms with E-state index in [9.17, 15) is 0 Å². The Morgan fingerprint density at radius 2 is 2.00 bits per heavy atom. The molecule has 1 aromatic carbocycles. The molecule has 0 aliphatic carbocycles. The molecule has 1 nitrogen and oxygen atoms in total. The third-order valence-corrected chi connectivity index (χ3v) is 5.17. The number of hydrogen-bond acceptors (Lipinski definition) is 2. The van der Waals surface area contributed by atoms with Crippen molar-refractivity contribution in [2.75, 3.05) is 7.05 Å². The molecule has 0 aliphatic heterocycles. The zero-order valence-electron chi connectivity index (χ0n) is 9.63. The predicted octanol–water partition coefficient (Wildman–Crippen LogP) is 4.89. The van der Waals surface area contributed by atoms with Crippen LogP contribution in [0.1, 0.15) is 22.0 Å². The van der Waals surface area contributed by atoms with Gasteiger partial charge in [-0.15, -0.1) is 11.3 Å². The fourth-order valence-electron chi connectivity index (χ4n) is 1.90. The minimum Gasteiger partial charge on any atom is -0.309 e. The average Bonchev–Trinajstić information content (AvgIpc) is 2.69. The van der Waals surface area contributed by atoms with Gasteiger partial charge < -0.3 is 5.32 Å². The van der Waals surface area contributed by atoms with Crippen LogP contribution in [0, 0.1) is 6.92 Å². The van der Waals surface area contributed by atoms with E-state index in [-0.39, 0.29) is 6.04 Å². The van der Waals surface area contributed by atoms with Crippen molar-refractivity contribution in [1.29, 1.82) is 0 Å². The van der Waals surface area contributed by atoms with Crippen molar-refractivity contribution in [3.8, 4) is 0 Å². The second kappa shape index (κ2) is 5.65. The van der Waals surface area contributed by atoms with E-state index in [4.69, 9.17) is 0 Å². The first kappa shape index (κ1) is 13.3. The normalized spacial score (nSPS) is 12.7. The molecule has 1 heterocycles. The van der Waals surface area contributed by atoms with Crippen molar-refractivity contribution in [3.05, 3.63) is 54.6 Å². The molecule has 0 saturated carbocycles. The standard InChI is InChI=1S/C13H13Br2NS/c1-8-7-9(14)3-4-10(8)12(16-2)13-11(15)5-6-17-13/h3-7,12,16H,1-2H3. The van der Waals surface area contributed by atoms with Gasteiger partial charge in [-0.3, -0.25) is 0 Å². The van der Waals surface area contributed by atoms with Gasteiger partial charge in [-0.25, -0.2) is 0 Å². The Kier molecular flexibility index (Phi) is 4.42. The second-order valence-corrected chi connectivity index (χ2v) is 6.57. The van der Waals surface area contributed by atoms with Crippen molar-refractivity contribution < 1.29 is 0 Å². The van der Waals surface area contributed by atoms with E-state index >= 15 is 0 Å². The summed E-state index contributed by atoms with van der Waals surface area (Å²) in [7, 11) is 2.00. The van der Waals surface area contributed by atoms with E-state index in [0.717, 1.165) is 4.47 Å². The van der Waals surface area contributed by atoms with E-state index < -0.39 is 0 Å². The summed E-state index contributed by atoms with van der Waals surface area (Å²) in [5.74, 6) is 0. The molecule has 0 amide bonds. The van der Waals surface area contributed by atoms with E-state index in [0.29, 0.717) is 0 Å². The molecule has 2 rings (SSSR count). The molecule has 0 aliphatic rings. The number of rotatable bonds is 3. The van der Waals surface area contributed by atoms with E-state index in [1.54, 1.807) is 11.3 Å². The van der Waals surface area contributed by atoms with Gasteiger partial charge in [0.15, 0.2) is 0 Å². The molecule has 1 atom stereocenters. The van der Waals surface area contributed by atoms with Gasteiger partial charge >= 0.3 is 0 Å². The molecule has 1 unspecified atom stereocenters. The van der Waals surface area contributed by atoms with Crippen molar-refractivity contribution in [2.24, 2.45) is 0 Å². The van der Waals surface area contributed by atoms with Gasteiger partial charge in [0, 0.05) is 13.8 Å². The Labute approximate surface area is 123 Å². The maximum absolute atomic E-state index is 3.61. The minimum atomic E-state index is 0.248. The van der Waals surface area contributed by atoms with Gasteiger partial charge in [-0.05, 0) is 64.6 Å². The molecule has 1 aromatic heterocycles. The maximum atomic E-state index is 3.61. The third-order valence-electron chi connectivity index (χ3n) is 2.74. The number of hydrogen-bond donors (Lipinski definition) is 1. The summed E-state index contributed by atoms with van der Waals surface area (Å²) in [6.45, 7) is 2.14. The monoisotopic (exact) mass is 373 g/mol. The van der Waals surface area contributed by atoms with Crippen molar-refractivity contribution in [2.45, 2.75) is 13.0 Å². The Hall–Kier alpha value is -0.160. The SMILES string of the molecule is CNC(c1ccc(Br)cc1C)c1sccc1Br. The Morgan fingerprint density at radius 1 is 1.24 bits per heavy atom. The molecule has 0 saturated heterocycles. The fraction of sp³-hybridized carbons (Fsp3) is 0.231. The lowest BCUT2D eigenvalue weighted by Crippen LogP contribution is -2.17. The molecule has 4 heteroatoms. The highest BCUT2D eigenvalue weighted by atomic mass is 79.9. The number of aryl methyl sites for hydroxylation is 1. The van der Waals surface area contributed by atoms with Gasteiger partial charge in [0.1, 0.15) is 0 Å². The van der Waals surface area contributed by atoms with Crippen molar-refractivity contribution in [1.82, 2.24) is 5.32 Å². The van der Waals surface area contributed by atoms with Crippen LogP contribution in [0.5, 0.6) is 0 Å². The van der Waals surface area contributed by atoms with Crippen LogP contribution in [-0.2, 0) is 0 Å². The van der Waals surface area contributed by atoms with Gasteiger partial charge in [0.2, 0.25) is 0 Å². The molecule has 0 fully saturated rings. The first-order chi connectivity index (χ1) is 8.13. The van der Waals surface area contributed by atoms with Gasteiger partial charge in [-0.1, -0.05) is 22.0 Å². The molecule has 1 N–H and O–H groups in total. The molecule has 2 aromatic rings. The van der Waals surface area contributed by atoms with Crippen LogP contribution in [0.2, 0.25) is 0 Å². The molecule has 0 radical (unpaired) electrons. The van der Waals surface area contributed by atoms with Crippen LogP contribution >= 0.6 is 43.2 Å². The maximum Gasteiger partial charge on any atom is 0.0682 e. The zero-order chi connectivity index (χ0) is 12.4. The van der Waals surface area contributed by atoms with Crippen LogP contribution in [-0.4, -0.2) is 7.05 Å². The quantitative estimate of drug-likeness (QED) is 0.806. The molecule has 90 valence electrons. The lowest BCUT2D eigenvalue weighted by Gasteiger charge is -2.18. The second-order valence-electron chi connectivity index (χ2n) is 3.86. The summed E-state index contributed by atoms with van der Waals surface area (Å²) in [4.78, 5) is 1.32. The third kappa shape index (κ3) is 2.81. The topological polar surface area (TPSA) is 12.0 Å². The van der Waals surface area contributed by atoms with Crippen LogP contribution in [0.25, 0.3) is 0 Å². The van der Waals surface area contributed by atoms with E-state index in [1.165, 1.54) is 20.5 Å². The Morgan fingerprint density at radius 3 is 2.53 bits per heavy atom. The molecule has 0 spiro atoms. The van der Waals surface area contributed by atoms with Crippen LogP contribution in [0.3, 0.4) is 0 Å². The van der Waals surface area contributed by atoms with Crippen LogP contribution < -0.4 is 5.32 Å². The highest BCUT2D eigenvalue weighted by Gasteiger charge is 2.17. The summed E-state index contributed by atoms with van der Waals surface area (Å²) >= 11 is 8.88. The number of benzene rings is 1. The van der Waals surface area contributed by atoms with Gasteiger partial charge in [0.05, 0.1) is 6.04 Å². The summed E-state index contributed by atoms with van der Waals surface area (Å²) < 4.78 is 2.29. The summed E-state index contributed by atoms with van der Waals surface area (Å²) in [5.41, 5.74) is 2.61. The lowest BCUT2D eigenvalue weighted by molar-refractivity contribution is 0.697. The van der Waals surface area contributed by atoms with Crippen LogP contribution in [0.4, 0.5) is 0 Å². The lowest BCUT2D eigenvalue weighted by atomic mass is 10.0. The highest BCUT2D eigenvalue weighted by Crippen LogP contribution is 2.34. The first-order valence-electron chi connectivity index (χ1n) is 5.29. The number of thiophene rings is 1. The summed E-state index contributed by atoms with van der Waals surface area (Å²) in [5, 5.41) is 5.50. The fourth-order valence-corrected chi connectivity index (χ4v) is 4.11. The van der Waals surface area contributed by atoms with E-state index in [1.807, 2.05) is 7.05 Å². The minimum absolute atomic E-state index is 0.248. The first-order valence-corrected chi connectivity index (χ1v) is 7.76. The highest BCUT2D eigenvalue weighted by molar-refractivity contribution is 9.10. The predicted molar refractivity (Wildman–Crippen MR) is 81.8 cm³/mol. The zero-order valence-corrected chi connectivity index (χ0v) is 13.6. The largest absolute Gasteiger partial charge is 0.309 e. The molecular formula is C13H13Br2NS. The molecular weight excluding hydrogens is 362 g/mol. The average molecular weight is 375 g/mol. The number of nitrogens with one attached hydrogen (secondary N) is 1. The van der Waals surface area contributed by atoms with E-state index in [2.05, 4.69) is 73.7 Å². The number of halogens is 2. The van der Waals surface area contributed by atoms with Crippen molar-refractivity contribution in [3.63, 3.8) is 0 Å². The van der Waals surface area contributed by atoms with Crippen LogP contribution in [0.15, 0.2) is 38.6 Å². The summed E-state index contributed by atoms with van der Waals surface area (Å²) in [6, 6.07) is 8.76. The Bertz CT molecular complexity index is 522. The molecule has 0 bridgehead atoms. The van der Waals surface area contributed by atoms with Gasteiger partial charge in [0.25, 0.3) is 0 Å².